The SMILES string of the molecule is Cc1c(COc2cc(OCc3cncc(C#N)c3)c(CO)cc2Cl)cccc1-c1cccc(COc2cc(OCc3cncc(C#N)c3)c(CC[C@H](CCO)C(=O)O)cc2Cl)c1C. The summed E-state index contributed by atoms with van der Waals surface area (Å²) in [5, 5.41) is 48.3. The lowest BCUT2D eigenvalue weighted by Crippen LogP contribution is -2.16. The maximum atomic E-state index is 11.8. The topological polar surface area (TPSA) is 188 Å². The first-order chi connectivity index (χ1) is 30.5. The number of aliphatic carboxylic acids is 1. The molecule has 14 heteroatoms. The summed E-state index contributed by atoms with van der Waals surface area (Å²) >= 11 is 13.4. The molecule has 0 aliphatic rings. The molecule has 0 saturated carbocycles. The summed E-state index contributed by atoms with van der Waals surface area (Å²) in [4.78, 5) is 20.0. The van der Waals surface area contributed by atoms with Crippen LogP contribution in [0.25, 0.3) is 11.1 Å². The zero-order valence-corrected chi connectivity index (χ0v) is 36.1. The molecule has 63 heavy (non-hydrogen) atoms. The number of nitrogens with zero attached hydrogens (tertiary/aromatic N) is 4. The first-order valence-corrected chi connectivity index (χ1v) is 20.7. The van der Waals surface area contributed by atoms with E-state index in [9.17, 15) is 30.6 Å². The van der Waals surface area contributed by atoms with Crippen LogP contribution in [-0.4, -0.2) is 37.9 Å². The molecular formula is C49H44Cl2N4O8. The number of hydrogen-bond donors (Lipinski definition) is 3. The Morgan fingerprint density at radius 3 is 1.57 bits per heavy atom. The van der Waals surface area contributed by atoms with Gasteiger partial charge in [0.15, 0.2) is 0 Å². The van der Waals surface area contributed by atoms with Crippen molar-refractivity contribution in [1.82, 2.24) is 9.97 Å². The number of aromatic nitrogens is 2. The number of carboxylic acid groups (broad SMARTS) is 1. The van der Waals surface area contributed by atoms with Gasteiger partial charge in [0.05, 0.1) is 33.7 Å². The smallest absolute Gasteiger partial charge is 0.306 e. The van der Waals surface area contributed by atoms with E-state index in [0.29, 0.717) is 72.8 Å². The second kappa shape index (κ2) is 21.9. The molecule has 2 heterocycles. The summed E-state index contributed by atoms with van der Waals surface area (Å²) in [6.07, 6.45) is 6.85. The average Bonchev–Trinajstić information content (AvgIpc) is 3.29. The summed E-state index contributed by atoms with van der Waals surface area (Å²) in [6.45, 7) is 4.11. The van der Waals surface area contributed by atoms with Crippen molar-refractivity contribution in [3.8, 4) is 46.3 Å². The van der Waals surface area contributed by atoms with Gasteiger partial charge in [-0.05, 0) is 96.3 Å². The second-order valence-electron chi connectivity index (χ2n) is 14.7. The first kappa shape index (κ1) is 45.8. The van der Waals surface area contributed by atoms with Gasteiger partial charge in [0.2, 0.25) is 0 Å². The average molecular weight is 888 g/mol. The summed E-state index contributed by atoms with van der Waals surface area (Å²) in [7, 11) is 0. The minimum atomic E-state index is -0.990. The maximum absolute atomic E-state index is 11.8. The number of aliphatic hydroxyl groups is 2. The maximum Gasteiger partial charge on any atom is 0.306 e. The Bertz CT molecular complexity index is 2680. The lowest BCUT2D eigenvalue weighted by atomic mass is 9.92. The Balaban J connectivity index is 1.19. The van der Waals surface area contributed by atoms with E-state index in [1.807, 2.05) is 50.2 Å². The molecule has 3 N–H and O–H groups in total. The van der Waals surface area contributed by atoms with Crippen LogP contribution in [0, 0.1) is 42.4 Å². The molecule has 4 aromatic carbocycles. The van der Waals surface area contributed by atoms with Crippen LogP contribution in [-0.2, 0) is 44.2 Å². The molecular weight excluding hydrogens is 843 g/mol. The minimum Gasteiger partial charge on any atom is -0.488 e. The van der Waals surface area contributed by atoms with E-state index in [-0.39, 0.29) is 52.5 Å². The number of carbonyl (C=O) groups is 1. The fourth-order valence-electron chi connectivity index (χ4n) is 6.99. The Kier molecular flexibility index (Phi) is 15.9. The van der Waals surface area contributed by atoms with Crippen LogP contribution in [0.15, 0.2) is 97.6 Å². The summed E-state index contributed by atoms with van der Waals surface area (Å²) in [5.74, 6) is -0.153. The van der Waals surface area contributed by atoms with E-state index < -0.39 is 11.9 Å². The summed E-state index contributed by atoms with van der Waals surface area (Å²) in [6, 6.07) is 26.2. The van der Waals surface area contributed by atoms with E-state index >= 15 is 0 Å². The molecule has 1 atom stereocenters. The van der Waals surface area contributed by atoms with Gasteiger partial charge in [-0.15, -0.1) is 0 Å². The minimum absolute atomic E-state index is 0.0944. The predicted molar refractivity (Wildman–Crippen MR) is 237 cm³/mol. The number of hydrogen-bond acceptors (Lipinski definition) is 11. The number of aliphatic hydroxyl groups excluding tert-OH is 2. The largest absolute Gasteiger partial charge is 0.488 e. The van der Waals surface area contributed by atoms with Crippen molar-refractivity contribution < 1.29 is 39.1 Å². The molecule has 322 valence electrons. The Labute approximate surface area is 375 Å². The fourth-order valence-corrected chi connectivity index (χ4v) is 7.47. The third-order valence-electron chi connectivity index (χ3n) is 10.6. The molecule has 0 unspecified atom stereocenters. The number of carboxylic acids is 1. The molecule has 0 amide bonds. The van der Waals surface area contributed by atoms with Crippen LogP contribution >= 0.6 is 23.2 Å². The van der Waals surface area contributed by atoms with Crippen molar-refractivity contribution in [2.45, 2.75) is 66.1 Å². The van der Waals surface area contributed by atoms with Gasteiger partial charge in [-0.3, -0.25) is 14.8 Å². The molecule has 2 aromatic heterocycles. The van der Waals surface area contributed by atoms with Gasteiger partial charge in [-0.2, -0.15) is 10.5 Å². The number of nitriles is 2. The van der Waals surface area contributed by atoms with Crippen LogP contribution in [0.2, 0.25) is 10.0 Å². The Morgan fingerprint density at radius 1 is 0.635 bits per heavy atom. The Hall–Kier alpha value is -6.67. The van der Waals surface area contributed by atoms with Crippen LogP contribution in [0.1, 0.15) is 68.5 Å². The molecule has 6 rings (SSSR count). The lowest BCUT2D eigenvalue weighted by molar-refractivity contribution is -0.142. The van der Waals surface area contributed by atoms with Crippen LogP contribution in [0.5, 0.6) is 23.0 Å². The number of halogens is 2. The van der Waals surface area contributed by atoms with Gasteiger partial charge < -0.3 is 34.3 Å². The van der Waals surface area contributed by atoms with Gasteiger partial charge >= 0.3 is 5.97 Å². The lowest BCUT2D eigenvalue weighted by Gasteiger charge is -2.19. The molecule has 12 nitrogen and oxygen atoms in total. The zero-order valence-electron chi connectivity index (χ0n) is 34.6. The van der Waals surface area contributed by atoms with E-state index in [4.69, 9.17) is 42.1 Å². The number of rotatable bonds is 20. The molecule has 0 spiro atoms. The van der Waals surface area contributed by atoms with Gasteiger partial charge in [0.1, 0.15) is 61.6 Å². The molecule has 0 aliphatic heterocycles. The highest BCUT2D eigenvalue weighted by atomic mass is 35.5. The highest BCUT2D eigenvalue weighted by Gasteiger charge is 2.20. The van der Waals surface area contributed by atoms with Crippen LogP contribution < -0.4 is 18.9 Å². The first-order valence-electron chi connectivity index (χ1n) is 20.0. The zero-order chi connectivity index (χ0) is 44.9. The van der Waals surface area contributed by atoms with Crippen molar-refractivity contribution in [1.29, 1.82) is 10.5 Å². The van der Waals surface area contributed by atoms with Gasteiger partial charge in [0, 0.05) is 60.2 Å². The monoisotopic (exact) mass is 886 g/mol. The highest BCUT2D eigenvalue weighted by Crippen LogP contribution is 2.38. The molecule has 0 saturated heterocycles. The van der Waals surface area contributed by atoms with Gasteiger partial charge in [-0.1, -0.05) is 59.6 Å². The van der Waals surface area contributed by atoms with Crippen molar-refractivity contribution in [2.75, 3.05) is 6.61 Å². The van der Waals surface area contributed by atoms with E-state index in [1.54, 1.807) is 48.8 Å². The molecule has 6 aromatic rings. The van der Waals surface area contributed by atoms with Crippen molar-refractivity contribution >= 4 is 29.2 Å². The number of benzene rings is 4. The number of pyridine rings is 2. The van der Waals surface area contributed by atoms with Gasteiger partial charge in [0.25, 0.3) is 0 Å². The van der Waals surface area contributed by atoms with Gasteiger partial charge in [-0.25, -0.2) is 0 Å². The summed E-state index contributed by atoms with van der Waals surface area (Å²) in [5.41, 5.74) is 9.19. The number of aryl methyl sites for hydroxylation is 1. The van der Waals surface area contributed by atoms with Crippen molar-refractivity contribution in [2.24, 2.45) is 5.92 Å². The predicted octanol–water partition coefficient (Wildman–Crippen LogP) is 9.63. The summed E-state index contributed by atoms with van der Waals surface area (Å²) < 4.78 is 24.8. The Morgan fingerprint density at radius 2 is 1.11 bits per heavy atom. The molecule has 0 fully saturated rings. The third kappa shape index (κ3) is 11.8. The number of ether oxygens (including phenoxy) is 4. The van der Waals surface area contributed by atoms with E-state index in [1.165, 1.54) is 12.4 Å². The quantitative estimate of drug-likeness (QED) is 0.0660. The van der Waals surface area contributed by atoms with Crippen molar-refractivity contribution in [3.63, 3.8) is 0 Å². The van der Waals surface area contributed by atoms with Crippen LogP contribution in [0.3, 0.4) is 0 Å². The standard InChI is InChI=1S/C49H44Cl2N4O8/c1-30-38(28-62-47-17-45(60-26-34-13-32(19-52)21-54-23-34)37(15-43(47)50)10-9-36(11-12-56)49(58)59)5-3-7-41(30)42-8-4-6-39(31(42)2)29-63-48-18-46(40(25-57)16-44(48)51)61-27-35-14-33(20-53)22-55-24-35/h3-8,13-18,21-24,36,56-57H,9-12,25-29H2,1-2H3,(H,58,59)/t36-/m1/s1. The van der Waals surface area contributed by atoms with Crippen molar-refractivity contribution in [3.05, 3.63) is 163 Å². The third-order valence-corrected chi connectivity index (χ3v) is 11.2. The highest BCUT2D eigenvalue weighted by molar-refractivity contribution is 6.32. The second-order valence-corrected chi connectivity index (χ2v) is 15.6. The molecule has 0 aliphatic carbocycles. The van der Waals surface area contributed by atoms with E-state index in [0.717, 1.165) is 33.4 Å². The molecule has 0 bridgehead atoms. The van der Waals surface area contributed by atoms with E-state index in [2.05, 4.69) is 22.1 Å². The fraction of sp³-hybridized carbons (Fsp3) is 0.245. The van der Waals surface area contributed by atoms with Crippen LogP contribution in [0.4, 0.5) is 0 Å². The normalized spacial score (nSPS) is 11.3. The molecule has 0 radical (unpaired) electrons.